The maximum atomic E-state index is 8.70. The molecule has 0 amide bonds. The molecule has 10 aromatic rings. The molecule has 0 aliphatic carbocycles. The SMILES string of the molecule is Cc1ccc2c(n1)oc1c(-c3nc4ccccc4n3-c3cccc4c3oc3ccccc34)[c-]ccc12.[2H]C([2H])(c1cc(-c2[c-]ccc(C(C)(C)C)c2)nc[c]1[Ge]([CH3])([CH3])[CH3])C(C)C.[Ir]. The van der Waals surface area contributed by atoms with E-state index in [0.29, 0.717) is 5.71 Å². The van der Waals surface area contributed by atoms with Crippen molar-refractivity contribution < 1.29 is 31.7 Å². The number of para-hydroxylation sites is 4. The maximum Gasteiger partial charge on any atom is 0 e. The molecule has 0 unspecified atom stereocenters. The molecule has 8 heteroatoms. The number of rotatable bonds is 6. The topological polar surface area (TPSA) is 69.9 Å². The van der Waals surface area contributed by atoms with Crippen molar-refractivity contribution in [3.8, 4) is 28.3 Å². The van der Waals surface area contributed by atoms with Crippen molar-refractivity contribution in [2.75, 3.05) is 0 Å². The summed E-state index contributed by atoms with van der Waals surface area (Å²) < 4.78 is 33.4. The number of furan rings is 2. The fourth-order valence-corrected chi connectivity index (χ4v) is 10.9. The predicted molar refractivity (Wildman–Crippen MR) is 251 cm³/mol. The van der Waals surface area contributed by atoms with Crippen LogP contribution in [0.4, 0.5) is 0 Å². The zero-order chi connectivity index (χ0) is 43.7. The molecule has 61 heavy (non-hydrogen) atoms. The van der Waals surface area contributed by atoms with Crippen molar-refractivity contribution in [2.45, 2.75) is 70.6 Å². The Bertz CT molecular complexity index is 3320. The molecule has 1 radical (unpaired) electrons. The van der Waals surface area contributed by atoms with Crippen LogP contribution < -0.4 is 4.40 Å². The first kappa shape index (κ1) is 39.8. The Kier molecular flexibility index (Phi) is 10.8. The number of imidazole rings is 1. The molecule has 6 nitrogen and oxygen atoms in total. The molecule has 5 aromatic heterocycles. The van der Waals surface area contributed by atoms with Gasteiger partial charge in [-0.3, -0.25) is 4.98 Å². The van der Waals surface area contributed by atoms with Gasteiger partial charge >= 0.3 is 154 Å². The molecule has 0 bridgehead atoms. The second kappa shape index (κ2) is 16.5. The zero-order valence-electron chi connectivity index (χ0n) is 38.1. The van der Waals surface area contributed by atoms with Gasteiger partial charge in [0.1, 0.15) is 5.58 Å². The Morgan fingerprint density at radius 2 is 1.51 bits per heavy atom. The number of fused-ring (bicyclic) bond motifs is 7. The summed E-state index contributed by atoms with van der Waals surface area (Å²) in [7, 11) is 0. The van der Waals surface area contributed by atoms with Crippen molar-refractivity contribution in [3.05, 3.63) is 150 Å². The van der Waals surface area contributed by atoms with Crippen LogP contribution in [0.15, 0.2) is 130 Å². The van der Waals surface area contributed by atoms with E-state index in [1.807, 2.05) is 93.7 Å². The summed E-state index contributed by atoms with van der Waals surface area (Å²) in [4.78, 5) is 14.4. The minimum atomic E-state index is -2.25. The van der Waals surface area contributed by atoms with E-state index < -0.39 is 19.6 Å². The predicted octanol–water partition coefficient (Wildman–Crippen LogP) is 13.6. The summed E-state index contributed by atoms with van der Waals surface area (Å²) in [5, 5.41) is 4.13. The van der Waals surface area contributed by atoms with Crippen molar-refractivity contribution in [1.29, 1.82) is 0 Å². The van der Waals surface area contributed by atoms with Crippen LogP contribution >= 0.6 is 0 Å². The molecule has 10 rings (SSSR count). The van der Waals surface area contributed by atoms with Gasteiger partial charge in [-0.25, -0.2) is 4.98 Å². The maximum absolute atomic E-state index is 8.70. The number of aryl methyl sites for hydroxylation is 1. The van der Waals surface area contributed by atoms with Gasteiger partial charge in [-0.2, -0.15) is 0 Å². The van der Waals surface area contributed by atoms with Crippen molar-refractivity contribution in [1.82, 2.24) is 19.5 Å². The molecule has 0 atom stereocenters. The van der Waals surface area contributed by atoms with E-state index in [2.05, 4.69) is 108 Å². The number of aromatic nitrogens is 4. The van der Waals surface area contributed by atoms with Gasteiger partial charge in [-0.05, 0) is 43.3 Å². The molecule has 5 aromatic carbocycles. The fourth-order valence-electron chi connectivity index (χ4n) is 7.94. The third-order valence-electron chi connectivity index (χ3n) is 10.9. The van der Waals surface area contributed by atoms with E-state index in [1.165, 1.54) is 5.56 Å². The van der Waals surface area contributed by atoms with Crippen LogP contribution in [0, 0.1) is 25.0 Å². The van der Waals surface area contributed by atoms with Gasteiger partial charge < -0.3 is 13.4 Å². The second-order valence-electron chi connectivity index (χ2n) is 17.9. The average molecular weight is 1040 g/mol. The van der Waals surface area contributed by atoms with Crippen LogP contribution in [0.25, 0.3) is 83.4 Å². The van der Waals surface area contributed by atoms with E-state index >= 15 is 0 Å². The number of hydrogen-bond acceptors (Lipinski definition) is 5. The van der Waals surface area contributed by atoms with Gasteiger partial charge in [0.15, 0.2) is 5.58 Å². The first-order chi connectivity index (χ1) is 29.5. The molecular formula is C53H50GeIrN4O2-2. The van der Waals surface area contributed by atoms with Crippen molar-refractivity contribution >= 4 is 72.7 Å². The summed E-state index contributed by atoms with van der Waals surface area (Å²) in [6.07, 6.45) is 0.565. The normalized spacial score (nSPS) is 12.8. The molecule has 0 spiro atoms. The van der Waals surface area contributed by atoms with Crippen LogP contribution in [-0.4, -0.2) is 32.8 Å². The van der Waals surface area contributed by atoms with Gasteiger partial charge in [0.05, 0.1) is 28.1 Å². The molecule has 0 saturated heterocycles. The van der Waals surface area contributed by atoms with E-state index in [9.17, 15) is 0 Å². The minimum Gasteiger partial charge on any atom is 0 e. The molecule has 0 aliphatic heterocycles. The molecule has 0 saturated carbocycles. The Hall–Kier alpha value is -5.34. The first-order valence-corrected chi connectivity index (χ1v) is 28.0. The summed E-state index contributed by atoms with van der Waals surface area (Å²) in [5.74, 6) is 7.53. The smallest absolute Gasteiger partial charge is 0 e. The van der Waals surface area contributed by atoms with Crippen LogP contribution in [-0.2, 0) is 31.9 Å². The molecule has 309 valence electrons. The molecule has 0 aliphatic rings. The molecule has 0 N–H and O–H groups in total. The van der Waals surface area contributed by atoms with E-state index in [4.69, 9.17) is 21.5 Å². The van der Waals surface area contributed by atoms with E-state index in [0.717, 1.165) is 93.3 Å². The van der Waals surface area contributed by atoms with Gasteiger partial charge in [0.2, 0.25) is 5.71 Å². The number of nitrogens with zero attached hydrogens (tertiary/aromatic N) is 4. The van der Waals surface area contributed by atoms with Gasteiger partial charge in [-0.15, -0.1) is 18.2 Å². The van der Waals surface area contributed by atoms with Gasteiger partial charge in [-0.1, -0.05) is 53.4 Å². The number of pyridine rings is 2. The van der Waals surface area contributed by atoms with E-state index in [-0.39, 0.29) is 31.4 Å². The largest absolute Gasteiger partial charge is 0 e. The van der Waals surface area contributed by atoms with Crippen LogP contribution in [0.1, 0.15) is 54.2 Å². The first-order valence-electron chi connectivity index (χ1n) is 21.6. The van der Waals surface area contributed by atoms with Gasteiger partial charge in [0.25, 0.3) is 0 Å². The standard InChI is InChI=1S/C31H18N3O2.C22H32GeN.Ir/c1-18-16-17-22-21-9-6-11-23(28(21)36-31(22)32-18)30-33-24-12-3-4-13-25(24)34(30)26-14-7-10-20-19-8-2-5-15-27(19)35-29(20)26;1-16(2)12-18-14-21(24-15-20(18)23(6,7)8)17-10-9-11-19(13-17)22(3,4)5;/h2-10,12-17H,1H3;9,11,13-16H,12H2,1-8H3;/q2*-1;/i;12D2;. The van der Waals surface area contributed by atoms with Crippen LogP contribution in [0.5, 0.6) is 0 Å². The van der Waals surface area contributed by atoms with Crippen molar-refractivity contribution in [3.63, 3.8) is 0 Å². The Morgan fingerprint density at radius 1 is 0.770 bits per heavy atom. The number of benzene rings is 5. The molecular weight excluding hydrogens is 989 g/mol. The summed E-state index contributed by atoms with van der Waals surface area (Å²) in [5.41, 5.74) is 11.4. The molecule has 0 fully saturated rings. The van der Waals surface area contributed by atoms with Crippen LogP contribution in [0.2, 0.25) is 17.3 Å². The van der Waals surface area contributed by atoms with Gasteiger partial charge in [0, 0.05) is 42.0 Å². The minimum absolute atomic E-state index is 0. The Balaban J connectivity index is 0.000000181. The molecule has 5 heterocycles. The quantitative estimate of drug-likeness (QED) is 0.123. The number of hydrogen-bond donors (Lipinski definition) is 0. The second-order valence-corrected chi connectivity index (χ2v) is 28.5. The Labute approximate surface area is 377 Å². The zero-order valence-corrected chi connectivity index (χ0v) is 40.6. The fraction of sp³-hybridized carbons (Fsp3) is 0.226. The van der Waals surface area contributed by atoms with E-state index in [1.54, 1.807) is 0 Å². The monoisotopic (exact) mass is 1040 g/mol. The van der Waals surface area contributed by atoms with Crippen molar-refractivity contribution in [2.24, 2.45) is 5.92 Å². The van der Waals surface area contributed by atoms with Crippen LogP contribution in [0.3, 0.4) is 0 Å². The average Bonchev–Trinajstić information content (AvgIpc) is 3.94. The third-order valence-corrected chi connectivity index (χ3v) is 15.2. The summed E-state index contributed by atoms with van der Waals surface area (Å²) in [6.45, 7) is 12.4. The summed E-state index contributed by atoms with van der Waals surface area (Å²) in [6, 6.07) is 45.4. The summed E-state index contributed by atoms with van der Waals surface area (Å²) >= 11 is -2.25. The third kappa shape index (κ3) is 8.12. The Morgan fingerprint density at radius 3 is 2.30 bits per heavy atom.